The van der Waals surface area contributed by atoms with Gasteiger partial charge < -0.3 is 10.1 Å². The highest BCUT2D eigenvalue weighted by Gasteiger charge is 2.17. The average molecular weight is 347 g/mol. The SMILES string of the molecule is CNC(CCCC1CCCO1)c1cc(Br)ccc1Cl. The van der Waals surface area contributed by atoms with E-state index in [4.69, 9.17) is 16.3 Å². The van der Waals surface area contributed by atoms with Gasteiger partial charge in [-0.3, -0.25) is 0 Å². The zero-order valence-corrected chi connectivity index (χ0v) is 13.6. The Kier molecular flexibility index (Phi) is 6.14. The fourth-order valence-electron chi connectivity index (χ4n) is 2.66. The van der Waals surface area contributed by atoms with E-state index in [0.717, 1.165) is 28.9 Å². The molecule has 19 heavy (non-hydrogen) atoms. The molecule has 0 aliphatic carbocycles. The van der Waals surface area contributed by atoms with Gasteiger partial charge in [0.15, 0.2) is 0 Å². The maximum absolute atomic E-state index is 6.29. The topological polar surface area (TPSA) is 21.3 Å². The van der Waals surface area contributed by atoms with Crippen molar-refractivity contribution in [2.75, 3.05) is 13.7 Å². The number of hydrogen-bond acceptors (Lipinski definition) is 2. The highest BCUT2D eigenvalue weighted by atomic mass is 79.9. The van der Waals surface area contributed by atoms with Crippen molar-refractivity contribution in [2.45, 2.75) is 44.2 Å². The lowest BCUT2D eigenvalue weighted by Gasteiger charge is -2.19. The number of ether oxygens (including phenoxy) is 1. The first-order valence-corrected chi connectivity index (χ1v) is 8.11. The molecule has 1 aliphatic rings. The predicted molar refractivity (Wildman–Crippen MR) is 83.8 cm³/mol. The minimum absolute atomic E-state index is 0.311. The van der Waals surface area contributed by atoms with Crippen molar-refractivity contribution < 1.29 is 4.74 Å². The molecule has 1 fully saturated rings. The van der Waals surface area contributed by atoms with E-state index >= 15 is 0 Å². The molecule has 1 aromatic rings. The third-order valence-corrected chi connectivity index (χ3v) is 4.56. The molecule has 2 nitrogen and oxygen atoms in total. The summed E-state index contributed by atoms with van der Waals surface area (Å²) in [5.41, 5.74) is 1.17. The summed E-state index contributed by atoms with van der Waals surface area (Å²) < 4.78 is 6.74. The lowest BCUT2D eigenvalue weighted by atomic mass is 9.99. The van der Waals surface area contributed by atoms with Gasteiger partial charge in [-0.1, -0.05) is 27.5 Å². The predicted octanol–water partition coefficient (Wildman–Crippen LogP) is 4.71. The lowest BCUT2D eigenvalue weighted by molar-refractivity contribution is 0.101. The summed E-state index contributed by atoms with van der Waals surface area (Å²) in [5, 5.41) is 4.20. The van der Waals surface area contributed by atoms with Gasteiger partial charge in [-0.05, 0) is 62.9 Å². The largest absolute Gasteiger partial charge is 0.378 e. The lowest BCUT2D eigenvalue weighted by Crippen LogP contribution is -2.17. The molecule has 2 unspecified atom stereocenters. The van der Waals surface area contributed by atoms with Gasteiger partial charge in [-0.2, -0.15) is 0 Å². The van der Waals surface area contributed by atoms with Crippen LogP contribution in [-0.2, 0) is 4.74 Å². The normalized spacial score (nSPS) is 20.7. The van der Waals surface area contributed by atoms with Crippen LogP contribution in [-0.4, -0.2) is 19.8 Å². The van der Waals surface area contributed by atoms with E-state index in [1.54, 1.807) is 0 Å². The Labute approximate surface area is 129 Å². The van der Waals surface area contributed by atoms with Gasteiger partial charge in [0, 0.05) is 22.1 Å². The smallest absolute Gasteiger partial charge is 0.0576 e. The minimum Gasteiger partial charge on any atom is -0.378 e. The quantitative estimate of drug-likeness (QED) is 0.805. The van der Waals surface area contributed by atoms with Crippen LogP contribution in [0, 0.1) is 0 Å². The molecule has 0 saturated carbocycles. The Morgan fingerprint density at radius 1 is 1.53 bits per heavy atom. The van der Waals surface area contributed by atoms with E-state index in [1.807, 2.05) is 19.2 Å². The maximum atomic E-state index is 6.29. The van der Waals surface area contributed by atoms with E-state index in [1.165, 1.54) is 24.8 Å². The molecule has 2 atom stereocenters. The van der Waals surface area contributed by atoms with Crippen molar-refractivity contribution in [1.29, 1.82) is 0 Å². The molecule has 0 aromatic heterocycles. The van der Waals surface area contributed by atoms with Crippen molar-refractivity contribution in [3.8, 4) is 0 Å². The Morgan fingerprint density at radius 3 is 3.05 bits per heavy atom. The molecule has 4 heteroatoms. The van der Waals surface area contributed by atoms with Gasteiger partial charge in [-0.15, -0.1) is 0 Å². The number of benzene rings is 1. The van der Waals surface area contributed by atoms with Crippen LogP contribution in [0.4, 0.5) is 0 Å². The van der Waals surface area contributed by atoms with Gasteiger partial charge in [-0.25, -0.2) is 0 Å². The summed E-state index contributed by atoms with van der Waals surface area (Å²) in [7, 11) is 1.99. The molecular formula is C15H21BrClNO. The van der Waals surface area contributed by atoms with E-state index in [2.05, 4.69) is 27.3 Å². The van der Waals surface area contributed by atoms with Crippen LogP contribution in [0.5, 0.6) is 0 Å². The third-order valence-electron chi connectivity index (χ3n) is 3.72. The van der Waals surface area contributed by atoms with Crippen molar-refractivity contribution in [2.24, 2.45) is 0 Å². The fraction of sp³-hybridized carbons (Fsp3) is 0.600. The Morgan fingerprint density at radius 2 is 2.37 bits per heavy atom. The van der Waals surface area contributed by atoms with Crippen LogP contribution in [0.1, 0.15) is 43.7 Å². The molecule has 0 spiro atoms. The molecule has 0 amide bonds. The molecular weight excluding hydrogens is 326 g/mol. The molecule has 1 aromatic carbocycles. The summed E-state index contributed by atoms with van der Waals surface area (Å²) in [5.74, 6) is 0. The number of rotatable bonds is 6. The fourth-order valence-corrected chi connectivity index (χ4v) is 3.29. The number of nitrogens with one attached hydrogen (secondary N) is 1. The van der Waals surface area contributed by atoms with Crippen molar-refractivity contribution in [1.82, 2.24) is 5.32 Å². The molecule has 1 heterocycles. The van der Waals surface area contributed by atoms with Crippen LogP contribution in [0.15, 0.2) is 22.7 Å². The number of halogens is 2. The summed E-state index contributed by atoms with van der Waals surface area (Å²) in [6.07, 6.45) is 6.34. The summed E-state index contributed by atoms with van der Waals surface area (Å²) in [6, 6.07) is 6.35. The molecule has 0 radical (unpaired) electrons. The molecule has 2 rings (SSSR count). The van der Waals surface area contributed by atoms with Gasteiger partial charge in [0.05, 0.1) is 6.10 Å². The monoisotopic (exact) mass is 345 g/mol. The first kappa shape index (κ1) is 15.3. The average Bonchev–Trinajstić information content (AvgIpc) is 2.91. The Hall–Kier alpha value is -0.0900. The van der Waals surface area contributed by atoms with Gasteiger partial charge in [0.25, 0.3) is 0 Å². The zero-order valence-electron chi connectivity index (χ0n) is 11.3. The van der Waals surface area contributed by atoms with Gasteiger partial charge in [0.1, 0.15) is 0 Å². The summed E-state index contributed by atoms with van der Waals surface area (Å²) in [4.78, 5) is 0. The van der Waals surface area contributed by atoms with Crippen LogP contribution >= 0.6 is 27.5 Å². The van der Waals surface area contributed by atoms with E-state index < -0.39 is 0 Å². The van der Waals surface area contributed by atoms with Gasteiger partial charge in [0.2, 0.25) is 0 Å². The van der Waals surface area contributed by atoms with E-state index in [9.17, 15) is 0 Å². The van der Waals surface area contributed by atoms with E-state index in [0.29, 0.717) is 12.1 Å². The first-order chi connectivity index (χ1) is 9.20. The third kappa shape index (κ3) is 4.45. The molecule has 1 aliphatic heterocycles. The van der Waals surface area contributed by atoms with Crippen molar-refractivity contribution >= 4 is 27.5 Å². The molecule has 0 bridgehead atoms. The number of hydrogen-bond donors (Lipinski definition) is 1. The van der Waals surface area contributed by atoms with Crippen LogP contribution < -0.4 is 5.32 Å². The van der Waals surface area contributed by atoms with Crippen LogP contribution in [0.2, 0.25) is 5.02 Å². The van der Waals surface area contributed by atoms with Gasteiger partial charge >= 0.3 is 0 Å². The second kappa shape index (κ2) is 7.63. The molecule has 1 saturated heterocycles. The van der Waals surface area contributed by atoms with Crippen LogP contribution in [0.25, 0.3) is 0 Å². The van der Waals surface area contributed by atoms with Crippen molar-refractivity contribution in [3.05, 3.63) is 33.3 Å². The second-order valence-corrected chi connectivity index (χ2v) is 6.40. The summed E-state index contributed by atoms with van der Waals surface area (Å²) in [6.45, 7) is 0.942. The minimum atomic E-state index is 0.311. The highest BCUT2D eigenvalue weighted by Crippen LogP contribution is 2.30. The first-order valence-electron chi connectivity index (χ1n) is 6.94. The standard InChI is InChI=1S/C15H21BrClNO/c1-18-15(6-2-4-12-5-3-9-19-12)13-10-11(16)7-8-14(13)17/h7-8,10,12,15,18H,2-6,9H2,1H3. The highest BCUT2D eigenvalue weighted by molar-refractivity contribution is 9.10. The maximum Gasteiger partial charge on any atom is 0.0576 e. The Balaban J connectivity index is 1.89. The zero-order chi connectivity index (χ0) is 13.7. The second-order valence-electron chi connectivity index (χ2n) is 5.07. The molecule has 1 N–H and O–H groups in total. The Bertz CT molecular complexity index is 407. The van der Waals surface area contributed by atoms with Crippen molar-refractivity contribution in [3.63, 3.8) is 0 Å². The summed E-state index contributed by atoms with van der Waals surface area (Å²) >= 11 is 9.80. The molecule has 106 valence electrons. The van der Waals surface area contributed by atoms with E-state index in [-0.39, 0.29) is 0 Å². The van der Waals surface area contributed by atoms with Crippen LogP contribution in [0.3, 0.4) is 0 Å².